The van der Waals surface area contributed by atoms with Gasteiger partial charge in [0.2, 0.25) is 0 Å². The van der Waals surface area contributed by atoms with Crippen LogP contribution in [0.1, 0.15) is 17.2 Å². The quantitative estimate of drug-likeness (QED) is 0.265. The highest BCUT2D eigenvalue weighted by atomic mass is 16.6. The predicted octanol–water partition coefficient (Wildman–Crippen LogP) is 2.10. The second kappa shape index (κ2) is 7.31. The summed E-state index contributed by atoms with van der Waals surface area (Å²) < 4.78 is 0. The van der Waals surface area contributed by atoms with Crippen molar-refractivity contribution in [2.45, 2.75) is 6.04 Å². The van der Waals surface area contributed by atoms with Gasteiger partial charge in [-0.15, -0.1) is 0 Å². The Morgan fingerprint density at radius 3 is 2.18 bits per heavy atom. The van der Waals surface area contributed by atoms with Crippen LogP contribution in [0, 0.1) is 10.1 Å². The minimum Gasteiger partial charge on any atom is -0.507 e. The fourth-order valence-electron chi connectivity index (χ4n) is 3.07. The first kappa shape index (κ1) is 18.8. The lowest BCUT2D eigenvalue weighted by Crippen LogP contribution is -2.34. The standard InChI is InChI=1S/C19H14N2O7/c22-14(23)10-20-16(11-4-2-1-3-5-11)15(18(25)19(20)26)17(24)12-6-8-13(9-7-12)21(27)28/h1-9,16,24H,10H2,(H,22,23)/b17-15+. The molecule has 1 heterocycles. The number of non-ortho nitro benzene ring substituents is 1. The Morgan fingerprint density at radius 1 is 1.04 bits per heavy atom. The van der Waals surface area contributed by atoms with E-state index in [0.717, 1.165) is 17.0 Å². The second-order valence-electron chi connectivity index (χ2n) is 6.04. The zero-order valence-electron chi connectivity index (χ0n) is 14.3. The minimum atomic E-state index is -1.31. The van der Waals surface area contributed by atoms with Crippen molar-refractivity contribution >= 4 is 29.1 Å². The Hall–Kier alpha value is -4.01. The van der Waals surface area contributed by atoms with E-state index >= 15 is 0 Å². The number of aliphatic carboxylic acids is 1. The van der Waals surface area contributed by atoms with Gasteiger partial charge in [0.05, 0.1) is 16.5 Å². The van der Waals surface area contributed by atoms with Crippen molar-refractivity contribution in [2.75, 3.05) is 6.54 Å². The fourth-order valence-corrected chi connectivity index (χ4v) is 3.07. The Bertz CT molecular complexity index is 997. The number of carbonyl (C=O) groups is 3. The van der Waals surface area contributed by atoms with Crippen LogP contribution >= 0.6 is 0 Å². The summed E-state index contributed by atoms with van der Waals surface area (Å²) >= 11 is 0. The average molecular weight is 382 g/mol. The molecule has 0 aromatic heterocycles. The molecule has 28 heavy (non-hydrogen) atoms. The number of aliphatic hydroxyl groups excluding tert-OH is 1. The summed E-state index contributed by atoms with van der Waals surface area (Å²) in [7, 11) is 0. The molecule has 1 saturated heterocycles. The highest BCUT2D eigenvalue weighted by Crippen LogP contribution is 2.39. The third-order valence-corrected chi connectivity index (χ3v) is 4.31. The summed E-state index contributed by atoms with van der Waals surface area (Å²) in [6.07, 6.45) is 0. The number of nitro groups is 1. The first-order chi connectivity index (χ1) is 13.3. The maximum absolute atomic E-state index is 12.6. The molecule has 142 valence electrons. The van der Waals surface area contributed by atoms with Gasteiger partial charge in [-0.25, -0.2) is 0 Å². The number of ketones is 1. The molecule has 9 heteroatoms. The molecular formula is C19H14N2O7. The molecule has 0 radical (unpaired) electrons. The van der Waals surface area contributed by atoms with Crippen LogP contribution < -0.4 is 0 Å². The van der Waals surface area contributed by atoms with Gasteiger partial charge in [0.1, 0.15) is 12.3 Å². The van der Waals surface area contributed by atoms with E-state index < -0.39 is 40.9 Å². The van der Waals surface area contributed by atoms with Gasteiger partial charge in [-0.3, -0.25) is 24.5 Å². The molecule has 0 spiro atoms. The Labute approximate surface area is 158 Å². The van der Waals surface area contributed by atoms with Gasteiger partial charge < -0.3 is 15.1 Å². The number of benzene rings is 2. The number of Topliss-reactive ketones (excluding diaryl/α,β-unsaturated/α-hetero) is 1. The number of aliphatic hydroxyl groups is 1. The van der Waals surface area contributed by atoms with Crippen LogP contribution in [0.2, 0.25) is 0 Å². The van der Waals surface area contributed by atoms with Crippen molar-refractivity contribution in [1.82, 2.24) is 4.90 Å². The lowest BCUT2D eigenvalue weighted by atomic mass is 9.95. The highest BCUT2D eigenvalue weighted by Gasteiger charge is 2.46. The summed E-state index contributed by atoms with van der Waals surface area (Å²) in [6, 6.07) is 11.9. The molecule has 1 amide bonds. The van der Waals surface area contributed by atoms with Crippen molar-refractivity contribution in [3.05, 3.63) is 81.4 Å². The fraction of sp³-hybridized carbons (Fsp3) is 0.105. The maximum Gasteiger partial charge on any atom is 0.323 e. The Morgan fingerprint density at radius 2 is 1.64 bits per heavy atom. The van der Waals surface area contributed by atoms with Crippen LogP contribution in [-0.2, 0) is 14.4 Å². The van der Waals surface area contributed by atoms with Gasteiger partial charge >= 0.3 is 5.97 Å². The molecule has 0 bridgehead atoms. The number of carboxylic acids is 1. The molecule has 1 unspecified atom stereocenters. The van der Waals surface area contributed by atoms with Gasteiger partial charge in [0.25, 0.3) is 17.4 Å². The molecule has 1 atom stereocenters. The van der Waals surface area contributed by atoms with E-state index in [1.165, 1.54) is 12.1 Å². The number of amides is 1. The van der Waals surface area contributed by atoms with Crippen LogP contribution in [0.3, 0.4) is 0 Å². The molecular weight excluding hydrogens is 368 g/mol. The van der Waals surface area contributed by atoms with Gasteiger partial charge in [0, 0.05) is 17.7 Å². The van der Waals surface area contributed by atoms with E-state index in [2.05, 4.69) is 0 Å². The maximum atomic E-state index is 12.6. The van der Waals surface area contributed by atoms with Crippen LogP contribution in [0.4, 0.5) is 5.69 Å². The Kier molecular flexibility index (Phi) is 4.90. The van der Waals surface area contributed by atoms with Gasteiger partial charge in [-0.1, -0.05) is 30.3 Å². The van der Waals surface area contributed by atoms with E-state index in [1.54, 1.807) is 30.3 Å². The van der Waals surface area contributed by atoms with Crippen LogP contribution in [0.15, 0.2) is 60.2 Å². The van der Waals surface area contributed by atoms with E-state index in [4.69, 9.17) is 5.11 Å². The summed E-state index contributed by atoms with van der Waals surface area (Å²) in [5, 5.41) is 30.6. The number of carboxylic acid groups (broad SMARTS) is 1. The average Bonchev–Trinajstić information content (AvgIpc) is 2.92. The van der Waals surface area contributed by atoms with Crippen LogP contribution in [0.25, 0.3) is 5.76 Å². The van der Waals surface area contributed by atoms with Gasteiger partial charge in [-0.2, -0.15) is 0 Å². The first-order valence-electron chi connectivity index (χ1n) is 8.11. The topological polar surface area (TPSA) is 138 Å². The molecule has 2 aromatic rings. The van der Waals surface area contributed by atoms with Crippen molar-refractivity contribution in [3.63, 3.8) is 0 Å². The third kappa shape index (κ3) is 3.32. The van der Waals surface area contributed by atoms with Crippen LogP contribution in [0.5, 0.6) is 0 Å². The number of rotatable bonds is 5. The number of nitrogens with zero attached hydrogens (tertiary/aromatic N) is 2. The summed E-state index contributed by atoms with van der Waals surface area (Å²) in [4.78, 5) is 47.2. The smallest absolute Gasteiger partial charge is 0.323 e. The Balaban J connectivity index is 2.16. The lowest BCUT2D eigenvalue weighted by Gasteiger charge is -2.23. The molecule has 0 aliphatic carbocycles. The van der Waals surface area contributed by atoms with Crippen molar-refractivity contribution in [1.29, 1.82) is 0 Å². The monoisotopic (exact) mass is 382 g/mol. The first-order valence-corrected chi connectivity index (χ1v) is 8.11. The number of hydrogen-bond donors (Lipinski definition) is 2. The van der Waals surface area contributed by atoms with Crippen molar-refractivity contribution in [2.24, 2.45) is 0 Å². The predicted molar refractivity (Wildman–Crippen MR) is 96.2 cm³/mol. The minimum absolute atomic E-state index is 0.0971. The normalized spacial score (nSPS) is 18.3. The molecule has 2 aromatic carbocycles. The van der Waals surface area contributed by atoms with Crippen LogP contribution in [-0.4, -0.2) is 44.2 Å². The van der Waals surface area contributed by atoms with E-state index in [0.29, 0.717) is 5.56 Å². The largest absolute Gasteiger partial charge is 0.507 e. The van der Waals surface area contributed by atoms with Gasteiger partial charge in [-0.05, 0) is 17.7 Å². The number of carbonyl (C=O) groups excluding carboxylic acids is 2. The summed E-state index contributed by atoms with van der Waals surface area (Å²) in [6.45, 7) is -0.721. The summed E-state index contributed by atoms with van der Waals surface area (Å²) in [5.74, 6) is -3.90. The lowest BCUT2D eigenvalue weighted by molar-refractivity contribution is -0.384. The molecule has 2 N–H and O–H groups in total. The molecule has 3 rings (SSSR count). The number of likely N-dealkylation sites (tertiary alicyclic amines) is 1. The molecule has 9 nitrogen and oxygen atoms in total. The van der Waals surface area contributed by atoms with Gasteiger partial charge in [0.15, 0.2) is 0 Å². The number of hydrogen-bond acceptors (Lipinski definition) is 6. The second-order valence-corrected chi connectivity index (χ2v) is 6.04. The summed E-state index contributed by atoms with van der Waals surface area (Å²) in [5.41, 5.74) is 0.0695. The highest BCUT2D eigenvalue weighted by molar-refractivity contribution is 6.46. The third-order valence-electron chi connectivity index (χ3n) is 4.31. The van der Waals surface area contributed by atoms with E-state index in [-0.39, 0.29) is 16.8 Å². The SMILES string of the molecule is O=C(O)CN1C(=O)C(=O)/C(=C(/O)c2ccc([N+](=O)[O-])cc2)C1c1ccccc1. The number of nitro benzene ring substituents is 1. The van der Waals surface area contributed by atoms with E-state index in [1.807, 2.05) is 0 Å². The molecule has 0 saturated carbocycles. The van der Waals surface area contributed by atoms with Crippen molar-refractivity contribution < 1.29 is 29.5 Å². The molecule has 1 aliphatic rings. The molecule has 1 aliphatic heterocycles. The van der Waals surface area contributed by atoms with E-state index in [9.17, 15) is 29.6 Å². The zero-order chi connectivity index (χ0) is 20.4. The van der Waals surface area contributed by atoms with Crippen molar-refractivity contribution in [3.8, 4) is 0 Å². The molecule has 1 fully saturated rings. The zero-order valence-corrected chi connectivity index (χ0v) is 14.3.